The summed E-state index contributed by atoms with van der Waals surface area (Å²) in [5, 5.41) is 6.17. The Morgan fingerprint density at radius 3 is 2.56 bits per heavy atom. The van der Waals surface area contributed by atoms with Gasteiger partial charge in [-0.25, -0.2) is 4.98 Å². The molecule has 0 spiro atoms. The SMILES string of the molecule is O=C(NCCNC(=O)c1cc(Cl)ccc1Cl)c1ccc2nc[nH]c2c1. The minimum atomic E-state index is -0.347. The predicted octanol–water partition coefficient (Wildman–Crippen LogP) is 3.03. The number of aromatic nitrogens is 2. The molecule has 25 heavy (non-hydrogen) atoms. The molecule has 3 rings (SSSR count). The van der Waals surface area contributed by atoms with Gasteiger partial charge in [0.25, 0.3) is 11.8 Å². The zero-order valence-corrected chi connectivity index (χ0v) is 14.5. The lowest BCUT2D eigenvalue weighted by Gasteiger charge is -2.08. The Kier molecular flexibility index (Phi) is 5.21. The highest BCUT2D eigenvalue weighted by molar-refractivity contribution is 6.35. The molecular formula is C17H14Cl2N4O2. The van der Waals surface area contributed by atoms with Crippen molar-refractivity contribution >= 4 is 46.0 Å². The van der Waals surface area contributed by atoms with Gasteiger partial charge in [0.1, 0.15) is 0 Å². The number of nitrogens with one attached hydrogen (secondary N) is 3. The third kappa shape index (κ3) is 4.10. The number of hydrogen-bond acceptors (Lipinski definition) is 3. The number of carbonyl (C=O) groups excluding carboxylic acids is 2. The number of benzene rings is 2. The maximum Gasteiger partial charge on any atom is 0.252 e. The number of nitrogens with zero attached hydrogens (tertiary/aromatic N) is 1. The molecule has 0 atom stereocenters. The normalized spacial score (nSPS) is 10.6. The summed E-state index contributed by atoms with van der Waals surface area (Å²) in [7, 11) is 0. The molecule has 2 amide bonds. The van der Waals surface area contributed by atoms with Crippen molar-refractivity contribution < 1.29 is 9.59 Å². The number of hydrogen-bond donors (Lipinski definition) is 3. The zero-order chi connectivity index (χ0) is 17.8. The second kappa shape index (κ2) is 7.55. The summed E-state index contributed by atoms with van der Waals surface area (Å²) < 4.78 is 0. The van der Waals surface area contributed by atoms with Gasteiger partial charge >= 0.3 is 0 Å². The van der Waals surface area contributed by atoms with E-state index in [9.17, 15) is 9.59 Å². The van der Waals surface area contributed by atoms with E-state index in [1.54, 1.807) is 36.7 Å². The van der Waals surface area contributed by atoms with Crippen LogP contribution in [-0.2, 0) is 0 Å². The van der Waals surface area contributed by atoms with Crippen LogP contribution in [0, 0.1) is 0 Å². The Labute approximate surface area is 153 Å². The highest BCUT2D eigenvalue weighted by Gasteiger charge is 2.11. The van der Waals surface area contributed by atoms with Crippen molar-refractivity contribution in [3.05, 3.63) is 63.9 Å². The van der Waals surface area contributed by atoms with Crippen molar-refractivity contribution in [2.24, 2.45) is 0 Å². The Morgan fingerprint density at radius 2 is 1.76 bits per heavy atom. The van der Waals surface area contributed by atoms with E-state index in [4.69, 9.17) is 23.2 Å². The highest BCUT2D eigenvalue weighted by atomic mass is 35.5. The summed E-state index contributed by atoms with van der Waals surface area (Å²) in [5.41, 5.74) is 2.39. The maximum absolute atomic E-state index is 12.1. The van der Waals surface area contributed by atoms with Gasteiger partial charge in [0.05, 0.1) is 27.9 Å². The Morgan fingerprint density at radius 1 is 1.00 bits per heavy atom. The van der Waals surface area contributed by atoms with Crippen LogP contribution in [0.3, 0.4) is 0 Å². The van der Waals surface area contributed by atoms with Crippen molar-refractivity contribution in [3.63, 3.8) is 0 Å². The van der Waals surface area contributed by atoms with Gasteiger partial charge in [0.2, 0.25) is 0 Å². The summed E-state index contributed by atoms with van der Waals surface area (Å²) in [6.45, 7) is 0.545. The summed E-state index contributed by atoms with van der Waals surface area (Å²) in [6, 6.07) is 9.86. The molecule has 8 heteroatoms. The number of rotatable bonds is 5. The molecule has 0 saturated carbocycles. The topological polar surface area (TPSA) is 86.9 Å². The Hall–Kier alpha value is -2.57. The van der Waals surface area contributed by atoms with Crippen molar-refractivity contribution in [2.75, 3.05) is 13.1 Å². The van der Waals surface area contributed by atoms with E-state index in [0.29, 0.717) is 21.2 Å². The third-order valence-electron chi connectivity index (χ3n) is 3.55. The van der Waals surface area contributed by atoms with Crippen LogP contribution in [-0.4, -0.2) is 34.9 Å². The fourth-order valence-electron chi connectivity index (χ4n) is 2.30. The zero-order valence-electron chi connectivity index (χ0n) is 13.0. The van der Waals surface area contributed by atoms with Gasteiger partial charge in [-0.05, 0) is 36.4 Å². The van der Waals surface area contributed by atoms with Gasteiger partial charge in [-0.1, -0.05) is 23.2 Å². The van der Waals surface area contributed by atoms with E-state index in [1.165, 1.54) is 6.07 Å². The van der Waals surface area contributed by atoms with Gasteiger partial charge in [-0.2, -0.15) is 0 Å². The van der Waals surface area contributed by atoms with Crippen molar-refractivity contribution in [3.8, 4) is 0 Å². The van der Waals surface area contributed by atoms with Crippen LogP contribution in [0.15, 0.2) is 42.7 Å². The second-order valence-electron chi connectivity index (χ2n) is 5.27. The van der Waals surface area contributed by atoms with Crippen molar-refractivity contribution in [2.45, 2.75) is 0 Å². The summed E-state index contributed by atoms with van der Waals surface area (Å²) in [4.78, 5) is 31.3. The molecule has 2 aromatic carbocycles. The minimum absolute atomic E-state index is 0.230. The largest absolute Gasteiger partial charge is 0.350 e. The number of fused-ring (bicyclic) bond motifs is 1. The molecule has 3 N–H and O–H groups in total. The van der Waals surface area contributed by atoms with Crippen LogP contribution in [0.5, 0.6) is 0 Å². The number of aromatic amines is 1. The predicted molar refractivity (Wildman–Crippen MR) is 97.2 cm³/mol. The molecule has 0 bridgehead atoms. The monoisotopic (exact) mass is 376 g/mol. The average Bonchev–Trinajstić information content (AvgIpc) is 3.08. The first-order valence-corrected chi connectivity index (χ1v) is 8.25. The number of carbonyl (C=O) groups is 2. The first-order valence-electron chi connectivity index (χ1n) is 7.49. The molecule has 0 fully saturated rings. The van der Waals surface area contributed by atoms with Crippen LogP contribution in [0.4, 0.5) is 0 Å². The quantitative estimate of drug-likeness (QED) is 0.598. The number of H-pyrrole nitrogens is 1. The van der Waals surface area contributed by atoms with E-state index in [2.05, 4.69) is 20.6 Å². The van der Waals surface area contributed by atoms with Crippen LogP contribution in [0.1, 0.15) is 20.7 Å². The molecule has 6 nitrogen and oxygen atoms in total. The molecule has 1 aromatic heterocycles. The summed E-state index contributed by atoms with van der Waals surface area (Å²) in [5.74, 6) is -0.577. The second-order valence-corrected chi connectivity index (χ2v) is 6.11. The van der Waals surface area contributed by atoms with Gasteiger partial charge in [-0.3, -0.25) is 9.59 Å². The third-order valence-corrected chi connectivity index (χ3v) is 4.12. The number of imidazole rings is 1. The Balaban J connectivity index is 1.51. The molecule has 0 aliphatic rings. The van der Waals surface area contributed by atoms with Crippen LogP contribution in [0.25, 0.3) is 11.0 Å². The summed E-state index contributed by atoms with van der Waals surface area (Å²) in [6.07, 6.45) is 1.57. The van der Waals surface area contributed by atoms with Crippen LogP contribution < -0.4 is 10.6 Å². The molecule has 1 heterocycles. The first-order chi connectivity index (χ1) is 12.0. The van der Waals surface area contributed by atoms with E-state index < -0.39 is 0 Å². The van der Waals surface area contributed by atoms with Gasteiger partial charge in [0, 0.05) is 23.7 Å². The lowest BCUT2D eigenvalue weighted by Crippen LogP contribution is -2.34. The minimum Gasteiger partial charge on any atom is -0.350 e. The van der Waals surface area contributed by atoms with E-state index >= 15 is 0 Å². The molecule has 0 aliphatic heterocycles. The van der Waals surface area contributed by atoms with E-state index in [0.717, 1.165) is 11.0 Å². The molecule has 3 aromatic rings. The molecule has 0 unspecified atom stereocenters. The number of halogens is 2. The lowest BCUT2D eigenvalue weighted by atomic mass is 10.2. The maximum atomic E-state index is 12.1. The van der Waals surface area contributed by atoms with Gasteiger partial charge in [-0.15, -0.1) is 0 Å². The average molecular weight is 377 g/mol. The molecular weight excluding hydrogens is 363 g/mol. The highest BCUT2D eigenvalue weighted by Crippen LogP contribution is 2.20. The van der Waals surface area contributed by atoms with E-state index in [-0.39, 0.29) is 24.9 Å². The molecule has 0 saturated heterocycles. The van der Waals surface area contributed by atoms with Crippen molar-refractivity contribution in [1.29, 1.82) is 0 Å². The Bertz CT molecular complexity index is 939. The fourth-order valence-corrected chi connectivity index (χ4v) is 2.67. The smallest absolute Gasteiger partial charge is 0.252 e. The van der Waals surface area contributed by atoms with Crippen LogP contribution >= 0.6 is 23.2 Å². The fraction of sp³-hybridized carbons (Fsp3) is 0.118. The van der Waals surface area contributed by atoms with Gasteiger partial charge in [0.15, 0.2) is 0 Å². The molecule has 128 valence electrons. The van der Waals surface area contributed by atoms with Crippen molar-refractivity contribution in [1.82, 2.24) is 20.6 Å². The van der Waals surface area contributed by atoms with E-state index in [1.807, 2.05) is 0 Å². The van der Waals surface area contributed by atoms with Crippen LogP contribution in [0.2, 0.25) is 10.0 Å². The number of amides is 2. The molecule has 0 aliphatic carbocycles. The first kappa shape index (κ1) is 17.3. The molecule has 0 radical (unpaired) electrons. The standard InChI is InChI=1S/C17H14Cl2N4O2/c18-11-2-3-13(19)12(8-11)17(25)21-6-5-20-16(24)10-1-4-14-15(7-10)23-9-22-14/h1-4,7-9H,5-6H2,(H,20,24)(H,21,25)(H,22,23). The lowest BCUT2D eigenvalue weighted by molar-refractivity contribution is 0.0928. The summed E-state index contributed by atoms with van der Waals surface area (Å²) >= 11 is 11.8. The van der Waals surface area contributed by atoms with Gasteiger partial charge < -0.3 is 15.6 Å².